The molecule has 0 saturated carbocycles. The van der Waals surface area contributed by atoms with Crippen molar-refractivity contribution in [1.82, 2.24) is 24.5 Å². The van der Waals surface area contributed by atoms with Gasteiger partial charge in [0.2, 0.25) is 0 Å². The molecule has 3 aromatic rings. The van der Waals surface area contributed by atoms with Crippen LogP contribution in [0.3, 0.4) is 0 Å². The van der Waals surface area contributed by atoms with Gasteiger partial charge in [0.25, 0.3) is 5.91 Å². The summed E-state index contributed by atoms with van der Waals surface area (Å²) in [4.78, 5) is 50.2. The van der Waals surface area contributed by atoms with E-state index in [0.717, 1.165) is 43.7 Å². The molecule has 0 bridgehead atoms. The van der Waals surface area contributed by atoms with Gasteiger partial charge in [-0.05, 0) is 86.1 Å². The second kappa shape index (κ2) is 17.6. The second-order valence-electron chi connectivity index (χ2n) is 15.6. The van der Waals surface area contributed by atoms with Crippen molar-refractivity contribution < 1.29 is 45.5 Å². The number of anilines is 1. The number of piperidine rings is 2. The molecule has 312 valence electrons. The van der Waals surface area contributed by atoms with Crippen molar-refractivity contribution in [2.75, 3.05) is 64.2 Å². The molecule has 4 heterocycles. The van der Waals surface area contributed by atoms with Gasteiger partial charge in [-0.1, -0.05) is 48.5 Å². The zero-order valence-electron chi connectivity index (χ0n) is 32.1. The van der Waals surface area contributed by atoms with Gasteiger partial charge in [0.1, 0.15) is 0 Å². The van der Waals surface area contributed by atoms with Gasteiger partial charge in [0.05, 0.1) is 11.1 Å². The van der Waals surface area contributed by atoms with Crippen molar-refractivity contribution in [3.05, 3.63) is 101 Å². The highest BCUT2D eigenvalue weighted by molar-refractivity contribution is 5.91. The first kappa shape index (κ1) is 41.3. The average Bonchev–Trinajstić information content (AvgIpc) is 3.38. The monoisotopic (exact) mass is 814 g/mol. The number of halogens is 6. The molecule has 4 amide bonds. The summed E-state index contributed by atoms with van der Waals surface area (Å²) in [7, 11) is 0. The summed E-state index contributed by atoms with van der Waals surface area (Å²) >= 11 is 0. The predicted molar refractivity (Wildman–Crippen MR) is 204 cm³/mol. The lowest BCUT2D eigenvalue weighted by atomic mass is 9.99. The standard InChI is InChI=1S/C42H48F6N6O4/c43-41(44,45)32-24-30(25-33(27-32)42(46,47)48)26-37(38(55)52-22-20-51(21-23-52)34-11-15-50(16-12-34)28-29-6-2-1-3-7-29)58-40(57)53-17-13-35(14-18-53)54-19-10-31-8-4-5-9-36(31)49-39(54)56/h1-9,24-25,27,34-35,37H,10-23,26,28H2,(H,49,56). The maximum Gasteiger partial charge on any atom is 0.416 e. The third-order valence-corrected chi connectivity index (χ3v) is 11.8. The number of benzene rings is 3. The molecule has 1 unspecified atom stereocenters. The molecule has 0 aliphatic carbocycles. The lowest BCUT2D eigenvalue weighted by molar-refractivity contribution is -0.143. The van der Waals surface area contributed by atoms with E-state index in [0.29, 0.717) is 57.1 Å². The minimum Gasteiger partial charge on any atom is -0.436 e. The zero-order chi connectivity index (χ0) is 41.0. The lowest BCUT2D eigenvalue weighted by Gasteiger charge is -2.43. The van der Waals surface area contributed by atoms with Gasteiger partial charge >= 0.3 is 24.5 Å². The van der Waals surface area contributed by atoms with Gasteiger partial charge in [-0.15, -0.1) is 0 Å². The van der Waals surface area contributed by atoms with E-state index in [1.54, 1.807) is 4.90 Å². The van der Waals surface area contributed by atoms with Crippen molar-refractivity contribution in [2.24, 2.45) is 0 Å². The highest BCUT2D eigenvalue weighted by Crippen LogP contribution is 2.37. The zero-order valence-corrected chi connectivity index (χ0v) is 32.1. The van der Waals surface area contributed by atoms with Crippen LogP contribution in [0.5, 0.6) is 0 Å². The van der Waals surface area contributed by atoms with Crippen LogP contribution in [-0.4, -0.2) is 120 Å². The third kappa shape index (κ3) is 10.1. The minimum atomic E-state index is -5.09. The van der Waals surface area contributed by atoms with E-state index in [-0.39, 0.29) is 44.3 Å². The lowest BCUT2D eigenvalue weighted by Crippen LogP contribution is -2.56. The van der Waals surface area contributed by atoms with Gasteiger partial charge in [0.15, 0.2) is 6.10 Å². The summed E-state index contributed by atoms with van der Waals surface area (Å²) < 4.78 is 88.5. The molecule has 0 radical (unpaired) electrons. The summed E-state index contributed by atoms with van der Waals surface area (Å²) in [5, 5.41) is 2.95. The summed E-state index contributed by atoms with van der Waals surface area (Å²) in [5.41, 5.74) is -0.445. The van der Waals surface area contributed by atoms with Gasteiger partial charge < -0.3 is 24.8 Å². The van der Waals surface area contributed by atoms with Crippen molar-refractivity contribution in [1.29, 1.82) is 0 Å². The molecule has 3 saturated heterocycles. The number of hydrogen-bond donors (Lipinski definition) is 1. The van der Waals surface area contributed by atoms with E-state index in [2.05, 4.69) is 27.2 Å². The number of amides is 4. The maximum absolute atomic E-state index is 14.1. The number of fused-ring (bicyclic) bond motifs is 1. The number of nitrogens with one attached hydrogen (secondary N) is 1. The summed E-state index contributed by atoms with van der Waals surface area (Å²) in [5.74, 6) is -0.674. The molecule has 0 spiro atoms. The highest BCUT2D eigenvalue weighted by atomic mass is 19.4. The van der Waals surface area contributed by atoms with Crippen molar-refractivity contribution in [3.8, 4) is 0 Å². The number of urea groups is 1. The minimum absolute atomic E-state index is 0.0329. The molecule has 4 aliphatic heterocycles. The Hall–Kier alpha value is -4.83. The number of piperazine rings is 1. The first-order valence-corrected chi connectivity index (χ1v) is 19.9. The Balaban J connectivity index is 1.00. The number of carbonyl (C=O) groups is 3. The van der Waals surface area contributed by atoms with Gasteiger partial charge in [0, 0.05) is 76.5 Å². The number of para-hydroxylation sites is 1. The van der Waals surface area contributed by atoms with Crippen LogP contribution in [0.1, 0.15) is 53.5 Å². The Bertz CT molecular complexity index is 1870. The summed E-state index contributed by atoms with van der Waals surface area (Å²) in [6.45, 7) is 5.12. The molecule has 1 N–H and O–H groups in total. The topological polar surface area (TPSA) is 88.7 Å². The average molecular weight is 815 g/mol. The maximum atomic E-state index is 14.1. The number of carbonyl (C=O) groups excluding carboxylic acids is 3. The molecular formula is C42H48F6N6O4. The predicted octanol–water partition coefficient (Wildman–Crippen LogP) is 7.14. The van der Waals surface area contributed by atoms with Crippen LogP contribution in [0, 0.1) is 0 Å². The van der Waals surface area contributed by atoms with Crippen LogP contribution in [0.15, 0.2) is 72.8 Å². The van der Waals surface area contributed by atoms with Crippen LogP contribution in [-0.2, 0) is 41.3 Å². The van der Waals surface area contributed by atoms with E-state index >= 15 is 0 Å². The van der Waals surface area contributed by atoms with E-state index in [1.807, 2.05) is 42.5 Å². The smallest absolute Gasteiger partial charge is 0.416 e. The second-order valence-corrected chi connectivity index (χ2v) is 15.6. The molecule has 3 fully saturated rings. The van der Waals surface area contributed by atoms with Crippen molar-refractivity contribution >= 4 is 23.7 Å². The molecule has 10 nitrogen and oxygen atoms in total. The number of rotatable bonds is 8. The largest absolute Gasteiger partial charge is 0.436 e. The molecule has 4 aliphatic rings. The van der Waals surface area contributed by atoms with Crippen LogP contribution < -0.4 is 5.32 Å². The van der Waals surface area contributed by atoms with Crippen LogP contribution in [0.25, 0.3) is 0 Å². The van der Waals surface area contributed by atoms with E-state index in [1.165, 1.54) is 15.4 Å². The van der Waals surface area contributed by atoms with E-state index in [9.17, 15) is 40.7 Å². The van der Waals surface area contributed by atoms with Crippen LogP contribution in [0.4, 0.5) is 41.6 Å². The van der Waals surface area contributed by atoms with Crippen molar-refractivity contribution in [2.45, 2.75) is 75.6 Å². The van der Waals surface area contributed by atoms with Crippen molar-refractivity contribution in [3.63, 3.8) is 0 Å². The van der Waals surface area contributed by atoms with Gasteiger partial charge in [-0.2, -0.15) is 26.3 Å². The van der Waals surface area contributed by atoms with E-state index < -0.39 is 53.6 Å². The molecule has 16 heteroatoms. The molecule has 58 heavy (non-hydrogen) atoms. The fourth-order valence-corrected chi connectivity index (χ4v) is 8.62. The SMILES string of the molecule is O=C(OC(Cc1cc(C(F)(F)F)cc(C(F)(F)F)c1)C(=O)N1CCN(C2CCN(Cc3ccccc3)CC2)CC1)N1CCC(N2CCc3ccccc3NC2=O)CC1. The normalized spacial score (nSPS) is 20.0. The number of likely N-dealkylation sites (tertiary alicyclic amines) is 2. The fourth-order valence-electron chi connectivity index (χ4n) is 8.62. The number of nitrogens with zero attached hydrogens (tertiary/aromatic N) is 5. The quantitative estimate of drug-likeness (QED) is 0.244. The van der Waals surface area contributed by atoms with Gasteiger partial charge in [-0.25, -0.2) is 9.59 Å². The Morgan fingerprint density at radius 3 is 1.93 bits per heavy atom. The number of ether oxygens (including phenoxy) is 1. The third-order valence-electron chi connectivity index (χ3n) is 11.8. The van der Waals surface area contributed by atoms with Gasteiger partial charge in [-0.3, -0.25) is 14.6 Å². The first-order valence-electron chi connectivity index (χ1n) is 19.9. The number of hydrogen-bond acceptors (Lipinski definition) is 6. The Kier molecular flexibility index (Phi) is 12.5. The van der Waals surface area contributed by atoms with E-state index in [4.69, 9.17) is 4.74 Å². The highest BCUT2D eigenvalue weighted by Gasteiger charge is 2.40. The van der Waals surface area contributed by atoms with Crippen LogP contribution in [0.2, 0.25) is 0 Å². The molecule has 7 rings (SSSR count). The summed E-state index contributed by atoms with van der Waals surface area (Å²) in [6.07, 6.45) is -10.0. The molecule has 0 aromatic heterocycles. The van der Waals surface area contributed by atoms with Crippen LogP contribution >= 0.6 is 0 Å². The molecule has 3 aromatic carbocycles. The first-order chi connectivity index (χ1) is 27.7. The Morgan fingerprint density at radius 1 is 0.690 bits per heavy atom. The molecule has 1 atom stereocenters. The fraction of sp³-hybridized carbons (Fsp3) is 0.500. The molecular weight excluding hydrogens is 766 g/mol. The Labute approximate surface area is 333 Å². The summed E-state index contributed by atoms with van der Waals surface area (Å²) in [6, 6.07) is 18.8. The number of alkyl halides is 6. The Morgan fingerprint density at radius 2 is 1.29 bits per heavy atom.